The average molecular weight is 412 g/mol. The quantitative estimate of drug-likeness (QED) is 0.461. The second kappa shape index (κ2) is 8.41. The number of anilines is 1. The highest BCUT2D eigenvalue weighted by Gasteiger charge is 2.16. The Bertz CT molecular complexity index is 1060. The lowest BCUT2D eigenvalue weighted by atomic mass is 10.2. The number of carbonyl (C=O) groups excluding carboxylic acids is 1. The van der Waals surface area contributed by atoms with E-state index in [0.29, 0.717) is 11.7 Å². The number of rotatable bonds is 7. The van der Waals surface area contributed by atoms with Gasteiger partial charge in [-0.3, -0.25) is 10.1 Å². The van der Waals surface area contributed by atoms with Crippen molar-refractivity contribution >= 4 is 34.1 Å². The molecule has 0 aliphatic rings. The Morgan fingerprint density at radius 3 is 2.79 bits per heavy atom. The maximum Gasteiger partial charge on any atom is 0.236 e. The number of carbonyl (C=O) groups is 1. The van der Waals surface area contributed by atoms with Gasteiger partial charge in [0.15, 0.2) is 5.16 Å². The monoisotopic (exact) mass is 411 g/mol. The predicted octanol–water partition coefficient (Wildman–Crippen LogP) is 4.08. The van der Waals surface area contributed by atoms with Gasteiger partial charge < -0.3 is 8.98 Å². The summed E-state index contributed by atoms with van der Waals surface area (Å²) in [6.07, 6.45) is 3.48. The molecule has 1 amide bonds. The van der Waals surface area contributed by atoms with E-state index in [-0.39, 0.29) is 11.7 Å². The summed E-state index contributed by atoms with van der Waals surface area (Å²) in [7, 11) is 0. The molecule has 0 aliphatic carbocycles. The summed E-state index contributed by atoms with van der Waals surface area (Å²) in [5.41, 5.74) is 2.03. The van der Waals surface area contributed by atoms with Crippen LogP contribution >= 0.6 is 23.1 Å². The van der Waals surface area contributed by atoms with E-state index in [1.54, 1.807) is 6.26 Å². The minimum absolute atomic E-state index is 0.144. The smallest absolute Gasteiger partial charge is 0.236 e. The van der Waals surface area contributed by atoms with Crippen molar-refractivity contribution in [2.24, 2.45) is 0 Å². The van der Waals surface area contributed by atoms with E-state index in [1.165, 1.54) is 23.1 Å². The Morgan fingerprint density at radius 1 is 1.21 bits per heavy atom. The molecule has 0 saturated carbocycles. The maximum atomic E-state index is 12.3. The van der Waals surface area contributed by atoms with Gasteiger partial charge in [0, 0.05) is 0 Å². The highest BCUT2D eigenvalue weighted by atomic mass is 32.2. The van der Waals surface area contributed by atoms with Gasteiger partial charge in [0.25, 0.3) is 0 Å². The van der Waals surface area contributed by atoms with E-state index in [0.717, 1.165) is 27.2 Å². The molecule has 3 aromatic heterocycles. The van der Waals surface area contributed by atoms with Crippen LogP contribution in [0.1, 0.15) is 10.8 Å². The molecule has 0 saturated heterocycles. The van der Waals surface area contributed by atoms with E-state index in [2.05, 4.69) is 25.1 Å². The summed E-state index contributed by atoms with van der Waals surface area (Å²) in [5, 5.41) is 12.6. The van der Waals surface area contributed by atoms with Gasteiger partial charge in [-0.1, -0.05) is 53.4 Å². The van der Waals surface area contributed by atoms with Gasteiger partial charge in [0.1, 0.15) is 10.8 Å². The number of imidazole rings is 1. The van der Waals surface area contributed by atoms with Crippen molar-refractivity contribution in [1.82, 2.24) is 19.7 Å². The van der Waals surface area contributed by atoms with Crippen LogP contribution in [0.5, 0.6) is 0 Å². The molecule has 0 bridgehead atoms. The van der Waals surface area contributed by atoms with Crippen LogP contribution in [-0.4, -0.2) is 31.4 Å². The van der Waals surface area contributed by atoms with Crippen molar-refractivity contribution in [3.8, 4) is 11.3 Å². The van der Waals surface area contributed by atoms with Crippen molar-refractivity contribution in [3.05, 3.63) is 65.7 Å². The number of amides is 1. The fourth-order valence-electron chi connectivity index (χ4n) is 2.66. The van der Waals surface area contributed by atoms with Gasteiger partial charge >= 0.3 is 0 Å². The van der Waals surface area contributed by atoms with Crippen molar-refractivity contribution in [2.75, 3.05) is 11.1 Å². The van der Waals surface area contributed by atoms with Crippen molar-refractivity contribution in [1.29, 1.82) is 0 Å². The van der Waals surface area contributed by atoms with E-state index >= 15 is 0 Å². The third-order valence-corrected chi connectivity index (χ3v) is 5.63. The first-order valence-electron chi connectivity index (χ1n) is 8.55. The maximum absolute atomic E-state index is 12.3. The molecule has 9 heteroatoms. The van der Waals surface area contributed by atoms with Crippen LogP contribution in [-0.2, 0) is 11.3 Å². The minimum atomic E-state index is -0.144. The SMILES string of the molecule is Cc1nnc(NC(=O)CSc2ncc(-c3ccccc3)n2Cc2ccco2)s1. The molecular weight excluding hydrogens is 394 g/mol. The fourth-order valence-corrected chi connectivity index (χ4v) is 4.04. The molecule has 0 atom stereocenters. The van der Waals surface area contributed by atoms with Crippen LogP contribution in [0.4, 0.5) is 5.13 Å². The Kier molecular flexibility index (Phi) is 5.54. The molecule has 4 aromatic rings. The first-order valence-corrected chi connectivity index (χ1v) is 10.4. The van der Waals surface area contributed by atoms with Gasteiger partial charge in [0.05, 0.1) is 30.5 Å². The Balaban J connectivity index is 1.52. The standard InChI is InChI=1S/C19H17N5O2S2/c1-13-22-23-18(28-13)21-17(25)12-27-19-20-10-16(14-6-3-2-4-7-14)24(19)11-15-8-5-9-26-15/h2-10H,11-12H2,1H3,(H,21,23,25). The third-order valence-electron chi connectivity index (χ3n) is 3.89. The number of aryl methyl sites for hydroxylation is 1. The average Bonchev–Trinajstić information content (AvgIpc) is 3.44. The van der Waals surface area contributed by atoms with Gasteiger partial charge in [-0.15, -0.1) is 10.2 Å². The number of hydrogen-bond acceptors (Lipinski definition) is 7. The lowest BCUT2D eigenvalue weighted by Crippen LogP contribution is -2.14. The summed E-state index contributed by atoms with van der Waals surface area (Å²) < 4.78 is 7.57. The normalized spacial score (nSPS) is 10.9. The summed E-state index contributed by atoms with van der Waals surface area (Å²) >= 11 is 2.72. The number of nitrogens with one attached hydrogen (secondary N) is 1. The molecule has 0 unspecified atom stereocenters. The molecule has 7 nitrogen and oxygen atoms in total. The Labute approximate surface area is 169 Å². The van der Waals surface area contributed by atoms with Crippen molar-refractivity contribution < 1.29 is 9.21 Å². The van der Waals surface area contributed by atoms with E-state index < -0.39 is 0 Å². The number of furan rings is 1. The van der Waals surface area contributed by atoms with E-state index in [4.69, 9.17) is 4.42 Å². The van der Waals surface area contributed by atoms with Crippen LogP contribution in [0.25, 0.3) is 11.3 Å². The molecule has 4 rings (SSSR count). The highest BCUT2D eigenvalue weighted by Crippen LogP contribution is 2.27. The zero-order valence-corrected chi connectivity index (χ0v) is 16.7. The Morgan fingerprint density at radius 2 is 2.07 bits per heavy atom. The molecule has 1 aromatic carbocycles. The van der Waals surface area contributed by atoms with E-state index in [9.17, 15) is 4.79 Å². The second-order valence-corrected chi connectivity index (χ2v) is 8.04. The van der Waals surface area contributed by atoms with Gasteiger partial charge in [-0.05, 0) is 24.6 Å². The Hall–Kier alpha value is -2.91. The topological polar surface area (TPSA) is 85.8 Å². The van der Waals surface area contributed by atoms with E-state index in [1.807, 2.05) is 55.6 Å². The fraction of sp³-hybridized carbons (Fsp3) is 0.158. The highest BCUT2D eigenvalue weighted by molar-refractivity contribution is 7.99. The molecule has 142 valence electrons. The molecule has 28 heavy (non-hydrogen) atoms. The van der Waals surface area contributed by atoms with Crippen LogP contribution < -0.4 is 5.32 Å². The second-order valence-electron chi connectivity index (χ2n) is 5.92. The summed E-state index contributed by atoms with van der Waals surface area (Å²) in [4.78, 5) is 16.8. The lowest BCUT2D eigenvalue weighted by Gasteiger charge is -2.10. The van der Waals surface area contributed by atoms with Gasteiger partial charge in [0.2, 0.25) is 11.0 Å². The zero-order chi connectivity index (χ0) is 19.3. The molecule has 0 fully saturated rings. The van der Waals surface area contributed by atoms with Crippen LogP contribution in [0.15, 0.2) is 64.5 Å². The van der Waals surface area contributed by atoms with Gasteiger partial charge in [-0.25, -0.2) is 4.98 Å². The number of hydrogen-bond donors (Lipinski definition) is 1. The van der Waals surface area contributed by atoms with Crippen LogP contribution in [0.2, 0.25) is 0 Å². The lowest BCUT2D eigenvalue weighted by molar-refractivity contribution is -0.113. The third kappa shape index (κ3) is 4.32. The number of nitrogens with zero attached hydrogens (tertiary/aromatic N) is 4. The molecule has 0 radical (unpaired) electrons. The van der Waals surface area contributed by atoms with Crippen LogP contribution in [0, 0.1) is 6.92 Å². The molecular formula is C19H17N5O2S2. The molecule has 3 heterocycles. The summed E-state index contributed by atoms with van der Waals surface area (Å²) in [6, 6.07) is 13.8. The van der Waals surface area contributed by atoms with Gasteiger partial charge in [-0.2, -0.15) is 0 Å². The number of benzene rings is 1. The first kappa shape index (κ1) is 18.5. The molecule has 0 aliphatic heterocycles. The summed E-state index contributed by atoms with van der Waals surface area (Å²) in [5.74, 6) is 0.906. The zero-order valence-electron chi connectivity index (χ0n) is 15.0. The van der Waals surface area contributed by atoms with Crippen LogP contribution in [0.3, 0.4) is 0 Å². The largest absolute Gasteiger partial charge is 0.467 e. The first-order chi connectivity index (χ1) is 13.7. The predicted molar refractivity (Wildman–Crippen MR) is 109 cm³/mol. The number of aromatic nitrogens is 4. The van der Waals surface area contributed by atoms with Crippen molar-refractivity contribution in [3.63, 3.8) is 0 Å². The molecule has 1 N–H and O–H groups in total. The summed E-state index contributed by atoms with van der Waals surface area (Å²) in [6.45, 7) is 2.38. The number of thioether (sulfide) groups is 1. The molecule has 0 spiro atoms. The van der Waals surface area contributed by atoms with Crippen molar-refractivity contribution in [2.45, 2.75) is 18.6 Å². The minimum Gasteiger partial charge on any atom is -0.467 e.